The van der Waals surface area contributed by atoms with Gasteiger partial charge in [0.2, 0.25) is 0 Å². The van der Waals surface area contributed by atoms with Crippen LogP contribution in [0.4, 0.5) is 5.69 Å². The highest BCUT2D eigenvalue weighted by molar-refractivity contribution is 6.52. The average Bonchev–Trinajstić information content (AvgIpc) is 3.17. The van der Waals surface area contributed by atoms with E-state index in [4.69, 9.17) is 32.7 Å². The molecule has 1 aliphatic rings. The number of ether oxygens (including phenoxy) is 2. The Kier molecular flexibility index (Phi) is 7.86. The van der Waals surface area contributed by atoms with Crippen LogP contribution in [0.3, 0.4) is 0 Å². The number of carbonyl (C=O) groups excluding carboxylic acids is 3. The zero-order valence-corrected chi connectivity index (χ0v) is 21.5. The van der Waals surface area contributed by atoms with Crippen LogP contribution in [-0.4, -0.2) is 36.5 Å². The zero-order valence-electron chi connectivity index (χ0n) is 20.0. The van der Waals surface area contributed by atoms with Gasteiger partial charge in [0.15, 0.2) is 0 Å². The van der Waals surface area contributed by atoms with Crippen LogP contribution >= 0.6 is 23.2 Å². The van der Waals surface area contributed by atoms with Crippen molar-refractivity contribution in [2.24, 2.45) is 0 Å². The number of nitrogens with zero attached hydrogens (tertiary/aromatic N) is 1. The van der Waals surface area contributed by atoms with E-state index in [0.29, 0.717) is 12.0 Å². The molecule has 0 aromatic heterocycles. The summed E-state index contributed by atoms with van der Waals surface area (Å²) in [5.41, 5.74) is 0.969. The van der Waals surface area contributed by atoms with Crippen LogP contribution in [0.1, 0.15) is 40.9 Å². The zero-order chi connectivity index (χ0) is 26.7. The fourth-order valence-corrected chi connectivity index (χ4v) is 4.77. The Hall–Kier alpha value is -3.81. The Bertz CT molecular complexity index is 1400. The third-order valence-electron chi connectivity index (χ3n) is 5.82. The second kappa shape index (κ2) is 11.1. The van der Waals surface area contributed by atoms with Crippen molar-refractivity contribution in [1.29, 1.82) is 0 Å². The van der Waals surface area contributed by atoms with Gasteiger partial charge in [-0.2, -0.15) is 0 Å². The molecule has 0 saturated carbocycles. The number of esters is 1. The lowest BCUT2D eigenvalue weighted by Gasteiger charge is -2.26. The summed E-state index contributed by atoms with van der Waals surface area (Å²) >= 11 is 12.4. The van der Waals surface area contributed by atoms with Crippen molar-refractivity contribution < 1.29 is 29.0 Å². The summed E-state index contributed by atoms with van der Waals surface area (Å²) < 4.78 is 10.6. The first-order valence-electron chi connectivity index (χ1n) is 11.4. The maximum atomic E-state index is 13.4. The van der Waals surface area contributed by atoms with E-state index in [1.165, 1.54) is 30.2 Å². The number of Topliss-reactive ketones (excluding diaryl/α,β-unsaturated/α-hetero) is 1. The Morgan fingerprint density at radius 1 is 1.03 bits per heavy atom. The van der Waals surface area contributed by atoms with Gasteiger partial charge in [0.25, 0.3) is 11.7 Å². The summed E-state index contributed by atoms with van der Waals surface area (Å²) in [6.45, 7) is 2.13. The molecule has 3 aromatic rings. The number of halogens is 2. The van der Waals surface area contributed by atoms with Crippen LogP contribution in [0, 0.1) is 0 Å². The summed E-state index contributed by atoms with van der Waals surface area (Å²) in [5, 5.41) is 11.7. The average molecular weight is 540 g/mol. The summed E-state index contributed by atoms with van der Waals surface area (Å²) in [5.74, 6) is -2.73. The van der Waals surface area contributed by atoms with Crippen molar-refractivity contribution in [3.8, 4) is 5.75 Å². The highest BCUT2D eigenvalue weighted by Gasteiger charge is 2.47. The molecule has 1 atom stereocenters. The molecule has 0 spiro atoms. The van der Waals surface area contributed by atoms with Crippen LogP contribution in [0.5, 0.6) is 5.75 Å². The number of hydrogen-bond donors (Lipinski definition) is 1. The van der Waals surface area contributed by atoms with Gasteiger partial charge in [-0.1, -0.05) is 66.5 Å². The second-order valence-corrected chi connectivity index (χ2v) is 9.08. The number of rotatable bonds is 7. The van der Waals surface area contributed by atoms with Crippen LogP contribution in [0.15, 0.2) is 72.3 Å². The molecule has 1 heterocycles. The molecule has 7 nitrogen and oxygen atoms in total. The molecule has 1 N–H and O–H groups in total. The third kappa shape index (κ3) is 5.05. The number of amides is 1. The summed E-state index contributed by atoms with van der Waals surface area (Å²) in [6, 6.07) is 16.9. The number of benzene rings is 3. The molecular formula is C28H23Cl2NO6. The predicted molar refractivity (Wildman–Crippen MR) is 141 cm³/mol. The van der Waals surface area contributed by atoms with E-state index in [1.807, 2.05) is 6.92 Å². The third-order valence-corrected chi connectivity index (χ3v) is 6.32. The van der Waals surface area contributed by atoms with E-state index in [2.05, 4.69) is 0 Å². The minimum Gasteiger partial charge on any atom is -0.507 e. The van der Waals surface area contributed by atoms with Gasteiger partial charge in [0.05, 0.1) is 41.5 Å². The van der Waals surface area contributed by atoms with Crippen LogP contribution in [-0.2, 0) is 14.3 Å². The molecule has 0 bridgehead atoms. The van der Waals surface area contributed by atoms with Crippen LogP contribution in [0.2, 0.25) is 10.0 Å². The van der Waals surface area contributed by atoms with Gasteiger partial charge in [0.1, 0.15) is 11.5 Å². The molecule has 1 saturated heterocycles. The number of ketones is 1. The second-order valence-electron chi connectivity index (χ2n) is 8.23. The van der Waals surface area contributed by atoms with Gasteiger partial charge in [-0.3, -0.25) is 14.5 Å². The molecule has 1 amide bonds. The molecule has 1 fully saturated rings. The van der Waals surface area contributed by atoms with E-state index in [1.54, 1.807) is 48.5 Å². The number of anilines is 1. The minimum atomic E-state index is -1.01. The fourth-order valence-electron chi connectivity index (χ4n) is 4.20. The number of hydrogen-bond acceptors (Lipinski definition) is 6. The Labute approximate surface area is 223 Å². The lowest BCUT2D eigenvalue weighted by atomic mass is 9.94. The SMILES string of the molecule is CCCOC(=O)c1cccc(N2C(=O)C(=O)/C(=C(/O)c3cc(Cl)cc(Cl)c3OC)C2c2ccccc2)c1. The smallest absolute Gasteiger partial charge is 0.338 e. The van der Waals surface area contributed by atoms with Crippen LogP contribution in [0.25, 0.3) is 5.76 Å². The Morgan fingerprint density at radius 3 is 2.43 bits per heavy atom. The number of methoxy groups -OCH3 is 1. The molecule has 9 heteroatoms. The first-order valence-corrected chi connectivity index (χ1v) is 12.2. The molecule has 1 unspecified atom stereocenters. The van der Waals surface area contributed by atoms with Crippen molar-refractivity contribution in [1.82, 2.24) is 0 Å². The maximum Gasteiger partial charge on any atom is 0.338 e. The molecule has 0 aliphatic carbocycles. The van der Waals surface area contributed by atoms with E-state index in [9.17, 15) is 19.5 Å². The van der Waals surface area contributed by atoms with Gasteiger partial charge in [-0.05, 0) is 42.3 Å². The van der Waals surface area contributed by atoms with E-state index in [-0.39, 0.29) is 44.8 Å². The first kappa shape index (κ1) is 26.3. The highest BCUT2D eigenvalue weighted by atomic mass is 35.5. The first-order chi connectivity index (χ1) is 17.8. The topological polar surface area (TPSA) is 93.1 Å². The van der Waals surface area contributed by atoms with E-state index >= 15 is 0 Å². The van der Waals surface area contributed by atoms with Crippen molar-refractivity contribution >= 4 is 52.3 Å². The lowest BCUT2D eigenvalue weighted by molar-refractivity contribution is -0.132. The predicted octanol–water partition coefficient (Wildman–Crippen LogP) is 6.20. The summed E-state index contributed by atoms with van der Waals surface area (Å²) in [7, 11) is 1.36. The molecular weight excluding hydrogens is 517 g/mol. The van der Waals surface area contributed by atoms with E-state index < -0.39 is 29.5 Å². The molecule has 3 aromatic carbocycles. The summed E-state index contributed by atoms with van der Waals surface area (Å²) in [6.07, 6.45) is 0.658. The van der Waals surface area contributed by atoms with Crippen molar-refractivity contribution in [3.05, 3.63) is 99.0 Å². The van der Waals surface area contributed by atoms with Crippen molar-refractivity contribution in [2.45, 2.75) is 19.4 Å². The van der Waals surface area contributed by atoms with Gasteiger partial charge >= 0.3 is 5.97 Å². The Morgan fingerprint density at radius 2 is 1.76 bits per heavy atom. The molecule has 0 radical (unpaired) electrons. The monoisotopic (exact) mass is 539 g/mol. The van der Waals surface area contributed by atoms with Crippen LogP contribution < -0.4 is 9.64 Å². The quantitative estimate of drug-likeness (QED) is 0.166. The number of aliphatic hydroxyl groups is 1. The standard InChI is InChI=1S/C28H23Cl2NO6/c1-3-12-37-28(35)17-10-7-11-19(13-17)31-23(16-8-5-4-6-9-16)22(25(33)27(31)34)24(32)20-14-18(29)15-21(30)26(20)36-2/h4-11,13-15,23,32H,3,12H2,1-2H3/b24-22+. The normalized spacial score (nSPS) is 16.6. The minimum absolute atomic E-state index is 0.0656. The summed E-state index contributed by atoms with van der Waals surface area (Å²) in [4.78, 5) is 40.5. The van der Waals surface area contributed by atoms with E-state index in [0.717, 1.165) is 0 Å². The number of aliphatic hydroxyl groups excluding tert-OH is 1. The molecule has 190 valence electrons. The van der Waals surface area contributed by atoms with Gasteiger partial charge in [-0.25, -0.2) is 4.79 Å². The molecule has 4 rings (SSSR count). The highest BCUT2D eigenvalue weighted by Crippen LogP contribution is 2.45. The van der Waals surface area contributed by atoms with Crippen molar-refractivity contribution in [3.63, 3.8) is 0 Å². The fraction of sp³-hybridized carbons (Fsp3) is 0.179. The molecule has 37 heavy (non-hydrogen) atoms. The molecule has 1 aliphatic heterocycles. The lowest BCUT2D eigenvalue weighted by Crippen LogP contribution is -2.29. The van der Waals surface area contributed by atoms with Gasteiger partial charge in [0, 0.05) is 10.7 Å². The van der Waals surface area contributed by atoms with Gasteiger partial charge in [-0.15, -0.1) is 0 Å². The largest absolute Gasteiger partial charge is 0.507 e. The number of carbonyl (C=O) groups is 3. The Balaban J connectivity index is 1.92. The van der Waals surface area contributed by atoms with Gasteiger partial charge < -0.3 is 14.6 Å². The van der Waals surface area contributed by atoms with Crippen molar-refractivity contribution in [2.75, 3.05) is 18.6 Å². The maximum absolute atomic E-state index is 13.4.